The maximum Gasteiger partial charge on any atom is 0.265 e. The minimum Gasteiger partial charge on any atom is -0.491 e. The lowest BCUT2D eigenvalue weighted by molar-refractivity contribution is 0.331. The van der Waals surface area contributed by atoms with Crippen LogP contribution in [0.1, 0.15) is 6.92 Å². The van der Waals surface area contributed by atoms with Crippen molar-refractivity contribution < 1.29 is 13.2 Å². The minimum absolute atomic E-state index is 0.0809. The Morgan fingerprint density at radius 1 is 1.47 bits per heavy atom. The van der Waals surface area contributed by atoms with Crippen molar-refractivity contribution in [3.8, 4) is 5.75 Å². The molecule has 7 heteroatoms. The Hall–Kier alpha value is 0.0300. The molecule has 0 atom stereocenters. The molecular weight excluding hydrogens is 327 g/mol. The van der Waals surface area contributed by atoms with Gasteiger partial charge in [-0.3, -0.25) is 0 Å². The average Bonchev–Trinajstić information content (AvgIpc) is 2.07. The molecule has 0 radical (unpaired) electrons. The molecule has 0 saturated carbocycles. The summed E-state index contributed by atoms with van der Waals surface area (Å²) in [5.74, 6) is 0.0809. The van der Waals surface area contributed by atoms with E-state index in [0.717, 1.165) is 0 Å². The fourth-order valence-corrected chi connectivity index (χ4v) is 3.08. The van der Waals surface area contributed by atoms with Gasteiger partial charge >= 0.3 is 0 Å². The monoisotopic (exact) mass is 332 g/mol. The molecule has 0 bridgehead atoms. The molecule has 0 unspecified atom stereocenters. The highest BCUT2D eigenvalue weighted by atomic mass is 79.9. The highest BCUT2D eigenvalue weighted by Crippen LogP contribution is 2.36. The molecule has 0 amide bonds. The van der Waals surface area contributed by atoms with E-state index in [2.05, 4.69) is 15.9 Å². The molecule has 1 aromatic carbocycles. The molecule has 0 aliphatic carbocycles. The van der Waals surface area contributed by atoms with E-state index < -0.39 is 9.05 Å². The first kappa shape index (κ1) is 13.1. The van der Waals surface area contributed by atoms with E-state index in [1.807, 2.05) is 0 Å². The standard InChI is InChI=1S/C8H7BrCl2O3S/c1-2-14-8-6(10)3-5(9)4-7(8)15(11,12)13/h3-4H,2H2,1H3. The number of ether oxygens (including phenoxy) is 1. The maximum atomic E-state index is 11.2. The molecular formula is C8H7BrCl2O3S. The van der Waals surface area contributed by atoms with Crippen LogP contribution in [-0.2, 0) is 9.05 Å². The molecule has 0 aromatic heterocycles. The summed E-state index contributed by atoms with van der Waals surface area (Å²) in [5.41, 5.74) is 0. The molecule has 0 aliphatic heterocycles. The van der Waals surface area contributed by atoms with Crippen LogP contribution in [0.5, 0.6) is 5.75 Å². The van der Waals surface area contributed by atoms with Crippen molar-refractivity contribution in [2.75, 3.05) is 6.61 Å². The van der Waals surface area contributed by atoms with Crippen LogP contribution in [0.4, 0.5) is 0 Å². The van der Waals surface area contributed by atoms with Gasteiger partial charge in [-0.05, 0) is 19.1 Å². The molecule has 84 valence electrons. The van der Waals surface area contributed by atoms with Crippen molar-refractivity contribution in [1.82, 2.24) is 0 Å². The second kappa shape index (κ2) is 4.91. The van der Waals surface area contributed by atoms with Crippen molar-refractivity contribution in [2.24, 2.45) is 0 Å². The van der Waals surface area contributed by atoms with Gasteiger partial charge < -0.3 is 4.74 Å². The third-order valence-corrected chi connectivity index (χ3v) is 3.59. The number of hydrogen-bond donors (Lipinski definition) is 0. The lowest BCUT2D eigenvalue weighted by Crippen LogP contribution is -2.00. The van der Waals surface area contributed by atoms with Crippen molar-refractivity contribution in [3.05, 3.63) is 21.6 Å². The van der Waals surface area contributed by atoms with Crippen LogP contribution >= 0.6 is 38.2 Å². The number of benzene rings is 1. The van der Waals surface area contributed by atoms with E-state index in [1.54, 1.807) is 6.92 Å². The van der Waals surface area contributed by atoms with Gasteiger partial charge in [0.15, 0.2) is 5.75 Å². The van der Waals surface area contributed by atoms with Gasteiger partial charge in [0.1, 0.15) is 4.90 Å². The Morgan fingerprint density at radius 2 is 2.07 bits per heavy atom. The SMILES string of the molecule is CCOc1c(Cl)cc(Br)cc1S(=O)(=O)Cl. The summed E-state index contributed by atoms with van der Waals surface area (Å²) in [7, 11) is 1.39. The summed E-state index contributed by atoms with van der Waals surface area (Å²) in [5, 5.41) is 0.199. The van der Waals surface area contributed by atoms with Crippen molar-refractivity contribution in [3.63, 3.8) is 0 Å². The normalized spacial score (nSPS) is 11.5. The van der Waals surface area contributed by atoms with Gasteiger partial charge in [-0.25, -0.2) is 8.42 Å². The molecule has 1 aromatic rings. The van der Waals surface area contributed by atoms with Gasteiger partial charge in [-0.2, -0.15) is 0 Å². The predicted molar refractivity (Wildman–Crippen MR) is 63.4 cm³/mol. The molecule has 0 fully saturated rings. The highest BCUT2D eigenvalue weighted by molar-refractivity contribution is 9.10. The zero-order valence-corrected chi connectivity index (χ0v) is 11.5. The second-order valence-electron chi connectivity index (χ2n) is 2.59. The van der Waals surface area contributed by atoms with Gasteiger partial charge in [0.05, 0.1) is 11.6 Å². The minimum atomic E-state index is -3.87. The number of hydrogen-bond acceptors (Lipinski definition) is 3. The fraction of sp³-hybridized carbons (Fsp3) is 0.250. The number of rotatable bonds is 3. The lowest BCUT2D eigenvalue weighted by Gasteiger charge is -2.10. The smallest absolute Gasteiger partial charge is 0.265 e. The van der Waals surface area contributed by atoms with E-state index in [0.29, 0.717) is 11.1 Å². The Balaban J connectivity index is 3.47. The summed E-state index contributed by atoms with van der Waals surface area (Å²) in [6, 6.07) is 2.89. The van der Waals surface area contributed by atoms with E-state index >= 15 is 0 Å². The first-order chi connectivity index (χ1) is 6.86. The molecule has 15 heavy (non-hydrogen) atoms. The van der Waals surface area contributed by atoms with Crippen LogP contribution in [0.15, 0.2) is 21.5 Å². The van der Waals surface area contributed by atoms with Crippen molar-refractivity contribution in [2.45, 2.75) is 11.8 Å². The van der Waals surface area contributed by atoms with Crippen LogP contribution in [0.25, 0.3) is 0 Å². The van der Waals surface area contributed by atoms with Crippen LogP contribution in [0.3, 0.4) is 0 Å². The van der Waals surface area contributed by atoms with E-state index in [1.165, 1.54) is 12.1 Å². The van der Waals surface area contributed by atoms with Crippen molar-refractivity contribution >= 4 is 47.3 Å². The predicted octanol–water partition coefficient (Wildman–Crippen LogP) is 3.43. The first-order valence-corrected chi connectivity index (χ1v) is 7.40. The molecule has 0 aliphatic rings. The molecule has 0 saturated heterocycles. The summed E-state index contributed by atoms with van der Waals surface area (Å²) in [6.45, 7) is 2.03. The van der Waals surface area contributed by atoms with E-state index in [9.17, 15) is 8.42 Å². The first-order valence-electron chi connectivity index (χ1n) is 3.92. The third-order valence-electron chi connectivity index (χ3n) is 1.53. The second-order valence-corrected chi connectivity index (χ2v) is 6.44. The van der Waals surface area contributed by atoms with Gasteiger partial charge in [0.25, 0.3) is 9.05 Å². The fourth-order valence-electron chi connectivity index (χ4n) is 1.00. The molecule has 0 N–H and O–H groups in total. The zero-order chi connectivity index (χ0) is 11.6. The van der Waals surface area contributed by atoms with Gasteiger partial charge in [-0.1, -0.05) is 27.5 Å². The molecule has 3 nitrogen and oxygen atoms in total. The molecule has 0 heterocycles. The maximum absolute atomic E-state index is 11.2. The lowest BCUT2D eigenvalue weighted by atomic mass is 10.3. The largest absolute Gasteiger partial charge is 0.491 e. The topological polar surface area (TPSA) is 43.4 Å². The Bertz CT molecular complexity index is 473. The van der Waals surface area contributed by atoms with Crippen LogP contribution in [0.2, 0.25) is 5.02 Å². The van der Waals surface area contributed by atoms with Gasteiger partial charge in [0.2, 0.25) is 0 Å². The Kier molecular flexibility index (Phi) is 4.29. The summed E-state index contributed by atoms with van der Waals surface area (Å²) >= 11 is 8.97. The summed E-state index contributed by atoms with van der Waals surface area (Å²) in [4.78, 5) is -0.134. The van der Waals surface area contributed by atoms with Crippen LogP contribution in [-0.4, -0.2) is 15.0 Å². The highest BCUT2D eigenvalue weighted by Gasteiger charge is 2.20. The molecule has 0 spiro atoms. The Morgan fingerprint density at radius 3 is 2.53 bits per heavy atom. The van der Waals surface area contributed by atoms with Crippen LogP contribution < -0.4 is 4.74 Å². The summed E-state index contributed by atoms with van der Waals surface area (Å²) in [6.07, 6.45) is 0. The quantitative estimate of drug-likeness (QED) is 0.796. The Labute approximate surface area is 106 Å². The number of halogens is 3. The van der Waals surface area contributed by atoms with Crippen LogP contribution in [0, 0.1) is 0 Å². The van der Waals surface area contributed by atoms with E-state index in [4.69, 9.17) is 27.0 Å². The summed E-state index contributed by atoms with van der Waals surface area (Å²) < 4.78 is 28.1. The molecule has 1 rings (SSSR count). The average molecular weight is 334 g/mol. The third kappa shape index (κ3) is 3.24. The van der Waals surface area contributed by atoms with Crippen molar-refractivity contribution in [1.29, 1.82) is 0 Å². The zero-order valence-electron chi connectivity index (χ0n) is 7.63. The van der Waals surface area contributed by atoms with E-state index in [-0.39, 0.29) is 15.7 Å². The van der Waals surface area contributed by atoms with Gasteiger partial charge in [0, 0.05) is 15.2 Å². The van der Waals surface area contributed by atoms with Gasteiger partial charge in [-0.15, -0.1) is 0 Å².